The molecule has 6 heteroatoms. The molecule has 1 fully saturated rings. The van der Waals surface area contributed by atoms with Crippen molar-refractivity contribution in [1.82, 2.24) is 15.5 Å². The quantitative estimate of drug-likeness (QED) is 0.273. The van der Waals surface area contributed by atoms with Crippen LogP contribution in [-0.4, -0.2) is 55.7 Å². The molecule has 0 aromatic heterocycles. The van der Waals surface area contributed by atoms with E-state index in [-0.39, 0.29) is 24.0 Å². The zero-order valence-electron chi connectivity index (χ0n) is 17.5. The maximum Gasteiger partial charge on any atom is 0.191 e. The monoisotopic (exact) mass is 497 g/mol. The highest BCUT2D eigenvalue weighted by molar-refractivity contribution is 14.0. The molecule has 0 amide bonds. The number of halogens is 1. The van der Waals surface area contributed by atoms with Crippen molar-refractivity contribution in [2.45, 2.75) is 52.2 Å². The Morgan fingerprint density at radius 2 is 1.75 bits per heavy atom. The summed E-state index contributed by atoms with van der Waals surface area (Å²) >= 11 is 0. The number of hydrogen-bond donors (Lipinski definition) is 2. The minimum atomic E-state index is 0. The fourth-order valence-electron chi connectivity index (χ4n) is 3.74. The van der Waals surface area contributed by atoms with Crippen LogP contribution in [0.25, 0.3) is 0 Å². The maximum absolute atomic E-state index is 4.81. The van der Waals surface area contributed by atoms with Crippen molar-refractivity contribution in [3.63, 3.8) is 0 Å². The summed E-state index contributed by atoms with van der Waals surface area (Å²) in [6.45, 7) is 12.6. The molecule has 1 saturated heterocycles. The number of hydrogen-bond acceptors (Lipinski definition) is 3. The van der Waals surface area contributed by atoms with Gasteiger partial charge in [0.15, 0.2) is 5.96 Å². The predicted molar refractivity (Wildman–Crippen MR) is 131 cm³/mol. The molecular formula is C22H36IN5. The zero-order valence-corrected chi connectivity index (χ0v) is 19.9. The minimum Gasteiger partial charge on any atom is -0.364 e. The molecule has 0 bridgehead atoms. The summed E-state index contributed by atoms with van der Waals surface area (Å²) in [5, 5.41) is 7.04. The lowest BCUT2D eigenvalue weighted by Crippen LogP contribution is -2.49. The lowest BCUT2D eigenvalue weighted by molar-refractivity contribution is 0.167. The Kier molecular flexibility index (Phi) is 9.58. The summed E-state index contributed by atoms with van der Waals surface area (Å²) in [5.74, 6) is 0.938. The number of nitrogens with zero attached hydrogens (tertiary/aromatic N) is 3. The SMILES string of the molecule is CCNC(=NCc1ccc(N2CC=CC2)cc1)NC1CCN(C(C)C)CC1.I. The average Bonchev–Trinajstić information content (AvgIpc) is 3.22. The third-order valence-electron chi connectivity index (χ3n) is 5.48. The van der Waals surface area contributed by atoms with Gasteiger partial charge in [-0.25, -0.2) is 4.99 Å². The smallest absolute Gasteiger partial charge is 0.191 e. The molecule has 2 aliphatic heterocycles. The van der Waals surface area contributed by atoms with Crippen LogP contribution in [0.1, 0.15) is 39.2 Å². The highest BCUT2D eigenvalue weighted by Crippen LogP contribution is 2.18. The zero-order chi connectivity index (χ0) is 19.1. The first-order valence-electron chi connectivity index (χ1n) is 10.4. The normalized spacial score (nSPS) is 18.4. The van der Waals surface area contributed by atoms with E-state index in [0.29, 0.717) is 18.6 Å². The second kappa shape index (κ2) is 11.7. The van der Waals surface area contributed by atoms with Crippen LogP contribution in [0.2, 0.25) is 0 Å². The van der Waals surface area contributed by atoms with Crippen LogP contribution in [0.5, 0.6) is 0 Å². The summed E-state index contributed by atoms with van der Waals surface area (Å²) in [7, 11) is 0. The maximum atomic E-state index is 4.81. The summed E-state index contributed by atoms with van der Waals surface area (Å²) in [6.07, 6.45) is 6.80. The van der Waals surface area contributed by atoms with Gasteiger partial charge in [0.2, 0.25) is 0 Å². The van der Waals surface area contributed by atoms with Crippen molar-refractivity contribution in [3.8, 4) is 0 Å². The number of guanidine groups is 1. The van der Waals surface area contributed by atoms with Gasteiger partial charge in [0.1, 0.15) is 0 Å². The van der Waals surface area contributed by atoms with Gasteiger partial charge in [0.05, 0.1) is 6.54 Å². The molecule has 1 aromatic carbocycles. The van der Waals surface area contributed by atoms with Crippen molar-refractivity contribution in [2.24, 2.45) is 4.99 Å². The summed E-state index contributed by atoms with van der Waals surface area (Å²) in [6, 6.07) is 9.97. The first-order valence-corrected chi connectivity index (χ1v) is 10.4. The van der Waals surface area contributed by atoms with E-state index >= 15 is 0 Å². The lowest BCUT2D eigenvalue weighted by atomic mass is 10.0. The molecule has 2 N–H and O–H groups in total. The van der Waals surface area contributed by atoms with Gasteiger partial charge < -0.3 is 20.4 Å². The molecule has 156 valence electrons. The number of benzene rings is 1. The fourth-order valence-corrected chi connectivity index (χ4v) is 3.74. The molecule has 0 atom stereocenters. The number of nitrogens with one attached hydrogen (secondary N) is 2. The Hall–Kier alpha value is -1.28. The third kappa shape index (κ3) is 6.65. The summed E-state index contributed by atoms with van der Waals surface area (Å²) in [4.78, 5) is 9.73. The van der Waals surface area contributed by atoms with Crippen LogP contribution in [0, 0.1) is 0 Å². The van der Waals surface area contributed by atoms with Gasteiger partial charge in [0, 0.05) is 50.5 Å². The van der Waals surface area contributed by atoms with Gasteiger partial charge in [-0.15, -0.1) is 24.0 Å². The van der Waals surface area contributed by atoms with Crippen molar-refractivity contribution in [2.75, 3.05) is 37.6 Å². The van der Waals surface area contributed by atoms with Crippen LogP contribution in [-0.2, 0) is 6.54 Å². The second-order valence-corrected chi connectivity index (χ2v) is 7.79. The highest BCUT2D eigenvalue weighted by atomic mass is 127. The third-order valence-corrected chi connectivity index (χ3v) is 5.48. The first kappa shape index (κ1) is 23.0. The van der Waals surface area contributed by atoms with E-state index in [9.17, 15) is 0 Å². The van der Waals surface area contributed by atoms with E-state index in [2.05, 4.69) is 77.6 Å². The van der Waals surface area contributed by atoms with Gasteiger partial charge in [-0.3, -0.25) is 0 Å². The van der Waals surface area contributed by atoms with E-state index in [0.717, 1.165) is 25.6 Å². The van der Waals surface area contributed by atoms with Crippen LogP contribution in [0.15, 0.2) is 41.4 Å². The molecule has 2 aliphatic rings. The van der Waals surface area contributed by atoms with E-state index in [4.69, 9.17) is 4.99 Å². The van der Waals surface area contributed by atoms with E-state index in [1.165, 1.54) is 37.2 Å². The van der Waals surface area contributed by atoms with Crippen LogP contribution < -0.4 is 15.5 Å². The van der Waals surface area contributed by atoms with Crippen LogP contribution in [0.3, 0.4) is 0 Å². The molecule has 0 spiro atoms. The largest absolute Gasteiger partial charge is 0.364 e. The van der Waals surface area contributed by atoms with Crippen molar-refractivity contribution in [3.05, 3.63) is 42.0 Å². The van der Waals surface area contributed by atoms with Crippen LogP contribution >= 0.6 is 24.0 Å². The Morgan fingerprint density at radius 3 is 2.32 bits per heavy atom. The number of piperidine rings is 1. The summed E-state index contributed by atoms with van der Waals surface area (Å²) in [5.41, 5.74) is 2.53. The number of aliphatic imine (C=N–C) groups is 1. The highest BCUT2D eigenvalue weighted by Gasteiger charge is 2.21. The molecular weight excluding hydrogens is 461 g/mol. The van der Waals surface area contributed by atoms with Gasteiger partial charge in [-0.2, -0.15) is 0 Å². The molecule has 5 nitrogen and oxygen atoms in total. The standard InChI is InChI=1S/C22H35N5.HI/c1-4-23-22(25-20-11-15-26(16-12-20)18(2)3)24-17-19-7-9-21(10-8-19)27-13-5-6-14-27;/h5-10,18,20H,4,11-17H2,1-3H3,(H2,23,24,25);1H. The van der Waals surface area contributed by atoms with Crippen molar-refractivity contribution in [1.29, 1.82) is 0 Å². The molecule has 0 aliphatic carbocycles. The van der Waals surface area contributed by atoms with E-state index < -0.39 is 0 Å². The second-order valence-electron chi connectivity index (χ2n) is 7.79. The molecule has 1 aromatic rings. The molecule has 3 rings (SSSR count). The molecule has 2 heterocycles. The Labute approximate surface area is 187 Å². The average molecular weight is 497 g/mol. The van der Waals surface area contributed by atoms with Crippen molar-refractivity contribution >= 4 is 35.6 Å². The van der Waals surface area contributed by atoms with Gasteiger partial charge in [-0.1, -0.05) is 24.3 Å². The molecule has 0 unspecified atom stereocenters. The molecule has 0 radical (unpaired) electrons. The fraction of sp³-hybridized carbons (Fsp3) is 0.591. The number of rotatable bonds is 6. The van der Waals surface area contributed by atoms with E-state index in [1.807, 2.05) is 0 Å². The van der Waals surface area contributed by atoms with E-state index in [1.54, 1.807) is 0 Å². The molecule has 0 saturated carbocycles. The Balaban J connectivity index is 0.00000280. The minimum absolute atomic E-state index is 0. The number of likely N-dealkylation sites (tertiary alicyclic amines) is 1. The first-order chi connectivity index (χ1) is 13.2. The predicted octanol–water partition coefficient (Wildman–Crippen LogP) is 3.61. The number of anilines is 1. The van der Waals surface area contributed by atoms with Gasteiger partial charge in [-0.05, 0) is 51.3 Å². The van der Waals surface area contributed by atoms with Gasteiger partial charge in [0.25, 0.3) is 0 Å². The summed E-state index contributed by atoms with van der Waals surface area (Å²) < 4.78 is 0. The van der Waals surface area contributed by atoms with Gasteiger partial charge >= 0.3 is 0 Å². The van der Waals surface area contributed by atoms with Crippen LogP contribution in [0.4, 0.5) is 5.69 Å². The van der Waals surface area contributed by atoms with Crippen molar-refractivity contribution < 1.29 is 0 Å². The Morgan fingerprint density at radius 1 is 1.11 bits per heavy atom. The Bertz CT molecular complexity index is 625. The topological polar surface area (TPSA) is 42.9 Å². The lowest BCUT2D eigenvalue weighted by Gasteiger charge is -2.35. The molecule has 28 heavy (non-hydrogen) atoms.